The summed E-state index contributed by atoms with van der Waals surface area (Å²) in [4.78, 5) is 15.7. The van der Waals surface area contributed by atoms with Crippen molar-refractivity contribution in [1.82, 2.24) is 10.3 Å². The Morgan fingerprint density at radius 2 is 2.24 bits per heavy atom. The van der Waals surface area contributed by atoms with Crippen LogP contribution in [0.3, 0.4) is 0 Å². The van der Waals surface area contributed by atoms with Crippen molar-refractivity contribution in [3.63, 3.8) is 0 Å². The molecule has 1 aromatic heterocycles. The van der Waals surface area contributed by atoms with Crippen LogP contribution in [0, 0.1) is 13.8 Å². The second-order valence-electron chi connectivity index (χ2n) is 3.56. The van der Waals surface area contributed by atoms with Gasteiger partial charge in [-0.3, -0.25) is 4.79 Å². The third-order valence-corrected chi connectivity index (χ3v) is 2.41. The third-order valence-electron chi connectivity index (χ3n) is 2.08. The Morgan fingerprint density at radius 3 is 2.82 bits per heavy atom. The Kier molecular flexibility index (Phi) is 6.21. The molecule has 5 nitrogen and oxygen atoms in total. The van der Waals surface area contributed by atoms with Crippen LogP contribution in [0.2, 0.25) is 0 Å². The van der Waals surface area contributed by atoms with Crippen LogP contribution in [0.25, 0.3) is 0 Å². The molecule has 1 heterocycles. The molecule has 1 amide bonds. The Labute approximate surface area is 109 Å². The fraction of sp³-hybridized carbons (Fsp3) is 0.636. The lowest BCUT2D eigenvalue weighted by molar-refractivity contribution is 0.0915. The number of rotatable bonds is 7. The highest BCUT2D eigenvalue weighted by Gasteiger charge is 2.14. The van der Waals surface area contributed by atoms with Crippen molar-refractivity contribution in [2.45, 2.75) is 20.3 Å². The van der Waals surface area contributed by atoms with Gasteiger partial charge in [0.25, 0.3) is 5.91 Å². The number of nitrogens with zero attached hydrogens (tertiary/aromatic N) is 1. The first kappa shape index (κ1) is 14.2. The smallest absolute Gasteiger partial charge is 0.289 e. The van der Waals surface area contributed by atoms with Crippen molar-refractivity contribution in [2.75, 3.05) is 25.1 Å². The van der Waals surface area contributed by atoms with Gasteiger partial charge >= 0.3 is 0 Å². The lowest BCUT2D eigenvalue weighted by Crippen LogP contribution is -2.25. The first-order chi connectivity index (χ1) is 8.15. The largest absolute Gasteiger partial charge is 0.436 e. The van der Waals surface area contributed by atoms with Gasteiger partial charge in [-0.15, -0.1) is 0 Å². The van der Waals surface area contributed by atoms with E-state index in [4.69, 9.17) is 9.15 Å². The van der Waals surface area contributed by atoms with Crippen LogP contribution >= 0.6 is 15.9 Å². The van der Waals surface area contributed by atoms with Crippen LogP contribution in [0.5, 0.6) is 0 Å². The number of carbonyl (C=O) groups excluding carboxylic acids is 1. The normalized spacial score (nSPS) is 10.5. The van der Waals surface area contributed by atoms with E-state index < -0.39 is 0 Å². The zero-order valence-corrected chi connectivity index (χ0v) is 11.7. The summed E-state index contributed by atoms with van der Waals surface area (Å²) in [6.07, 6.45) is 0.783. The summed E-state index contributed by atoms with van der Waals surface area (Å²) in [6.45, 7) is 5.37. The molecule has 0 fully saturated rings. The molecule has 0 aliphatic rings. The summed E-state index contributed by atoms with van der Waals surface area (Å²) < 4.78 is 10.5. The molecule has 0 unspecified atom stereocenters. The molecule has 96 valence electrons. The minimum Gasteiger partial charge on any atom is -0.436 e. The minimum absolute atomic E-state index is 0.219. The van der Waals surface area contributed by atoms with Gasteiger partial charge in [0.15, 0.2) is 5.89 Å². The molecule has 17 heavy (non-hydrogen) atoms. The lowest BCUT2D eigenvalue weighted by atomic mass is 10.3. The second kappa shape index (κ2) is 7.45. The number of hydrogen-bond donors (Lipinski definition) is 1. The summed E-state index contributed by atoms with van der Waals surface area (Å²) in [6, 6.07) is 0. The van der Waals surface area contributed by atoms with E-state index in [0.717, 1.165) is 11.8 Å². The lowest BCUT2D eigenvalue weighted by Gasteiger charge is -2.04. The molecule has 0 atom stereocenters. The molecular weight excluding hydrogens is 288 g/mol. The molecule has 6 heteroatoms. The van der Waals surface area contributed by atoms with Crippen molar-refractivity contribution in [1.29, 1.82) is 0 Å². The molecule has 0 saturated heterocycles. The molecular formula is C11H17BrN2O3. The fourth-order valence-corrected chi connectivity index (χ4v) is 1.58. The average molecular weight is 305 g/mol. The molecule has 0 bridgehead atoms. The highest BCUT2D eigenvalue weighted by molar-refractivity contribution is 9.09. The predicted molar refractivity (Wildman–Crippen MR) is 67.5 cm³/mol. The standard InChI is InChI=1S/C11H17BrN2O3/c1-8-10(17-9(2)14-8)11(15)13-5-3-6-16-7-4-12/h3-7H2,1-2H3,(H,13,15). The number of hydrogen-bond acceptors (Lipinski definition) is 4. The molecule has 0 spiro atoms. The molecule has 0 aliphatic carbocycles. The van der Waals surface area contributed by atoms with Crippen molar-refractivity contribution in [2.24, 2.45) is 0 Å². The highest BCUT2D eigenvalue weighted by Crippen LogP contribution is 2.08. The number of alkyl halides is 1. The Balaban J connectivity index is 2.23. The summed E-state index contributed by atoms with van der Waals surface area (Å²) in [5.41, 5.74) is 0.621. The average Bonchev–Trinajstić information content (AvgIpc) is 2.62. The van der Waals surface area contributed by atoms with Gasteiger partial charge in [-0.2, -0.15) is 0 Å². The quantitative estimate of drug-likeness (QED) is 0.616. The highest BCUT2D eigenvalue weighted by atomic mass is 79.9. The Morgan fingerprint density at radius 1 is 1.47 bits per heavy atom. The second-order valence-corrected chi connectivity index (χ2v) is 4.35. The Hall–Kier alpha value is -0.880. The van der Waals surface area contributed by atoms with Gasteiger partial charge in [-0.1, -0.05) is 15.9 Å². The fourth-order valence-electron chi connectivity index (χ4n) is 1.36. The van der Waals surface area contributed by atoms with E-state index in [1.54, 1.807) is 13.8 Å². The Bertz CT molecular complexity index is 366. The van der Waals surface area contributed by atoms with Crippen LogP contribution in [-0.4, -0.2) is 36.0 Å². The van der Waals surface area contributed by atoms with Crippen molar-refractivity contribution in [3.05, 3.63) is 17.3 Å². The van der Waals surface area contributed by atoms with Gasteiger partial charge in [-0.25, -0.2) is 4.98 Å². The topological polar surface area (TPSA) is 64.4 Å². The van der Waals surface area contributed by atoms with Crippen LogP contribution in [0.1, 0.15) is 28.6 Å². The maximum absolute atomic E-state index is 11.7. The number of halogens is 1. The first-order valence-corrected chi connectivity index (χ1v) is 6.63. The molecule has 1 N–H and O–H groups in total. The number of aryl methyl sites for hydroxylation is 2. The summed E-state index contributed by atoms with van der Waals surface area (Å²) in [7, 11) is 0. The van der Waals surface area contributed by atoms with E-state index in [2.05, 4.69) is 26.2 Å². The summed E-state index contributed by atoms with van der Waals surface area (Å²) in [5, 5.41) is 3.59. The van der Waals surface area contributed by atoms with E-state index in [0.29, 0.717) is 37.1 Å². The third kappa shape index (κ3) is 4.87. The molecule has 1 rings (SSSR count). The number of oxazole rings is 1. The van der Waals surface area contributed by atoms with Gasteiger partial charge in [0, 0.05) is 25.4 Å². The predicted octanol–water partition coefficient (Wildman–Crippen LogP) is 1.82. The SMILES string of the molecule is Cc1nc(C)c(C(=O)NCCCOCCBr)o1. The zero-order valence-electron chi connectivity index (χ0n) is 10.1. The van der Waals surface area contributed by atoms with E-state index in [-0.39, 0.29) is 5.91 Å². The number of ether oxygens (including phenoxy) is 1. The number of nitrogens with one attached hydrogen (secondary N) is 1. The van der Waals surface area contributed by atoms with E-state index >= 15 is 0 Å². The molecule has 0 radical (unpaired) electrons. The number of aromatic nitrogens is 1. The van der Waals surface area contributed by atoms with Crippen molar-refractivity contribution < 1.29 is 13.9 Å². The molecule has 0 aromatic carbocycles. The van der Waals surface area contributed by atoms with Gasteiger partial charge in [-0.05, 0) is 13.3 Å². The van der Waals surface area contributed by atoms with E-state index in [1.165, 1.54) is 0 Å². The summed E-state index contributed by atoms with van der Waals surface area (Å²) >= 11 is 3.27. The van der Waals surface area contributed by atoms with Gasteiger partial charge in [0.1, 0.15) is 0 Å². The summed E-state index contributed by atoms with van der Waals surface area (Å²) in [5.74, 6) is 0.584. The molecule has 0 saturated carbocycles. The number of amides is 1. The number of carbonyl (C=O) groups is 1. The van der Waals surface area contributed by atoms with Gasteiger partial charge < -0.3 is 14.5 Å². The van der Waals surface area contributed by atoms with Crippen molar-refractivity contribution >= 4 is 21.8 Å². The zero-order chi connectivity index (χ0) is 12.7. The molecule has 0 aliphatic heterocycles. The van der Waals surface area contributed by atoms with Crippen LogP contribution in [-0.2, 0) is 4.74 Å². The monoisotopic (exact) mass is 304 g/mol. The molecule has 1 aromatic rings. The van der Waals surface area contributed by atoms with Crippen LogP contribution in [0.4, 0.5) is 0 Å². The maximum atomic E-state index is 11.7. The van der Waals surface area contributed by atoms with Crippen LogP contribution < -0.4 is 5.32 Å². The van der Waals surface area contributed by atoms with Crippen LogP contribution in [0.15, 0.2) is 4.42 Å². The van der Waals surface area contributed by atoms with E-state index in [1.807, 2.05) is 0 Å². The minimum atomic E-state index is -0.219. The van der Waals surface area contributed by atoms with Gasteiger partial charge in [0.05, 0.1) is 12.3 Å². The van der Waals surface area contributed by atoms with Crippen molar-refractivity contribution in [3.8, 4) is 0 Å². The first-order valence-electron chi connectivity index (χ1n) is 5.51. The van der Waals surface area contributed by atoms with E-state index in [9.17, 15) is 4.79 Å². The maximum Gasteiger partial charge on any atom is 0.289 e. The van der Waals surface area contributed by atoms with Gasteiger partial charge in [0.2, 0.25) is 5.76 Å².